The number of nitrogens with zero attached hydrogens (tertiary/aromatic N) is 2. The summed E-state index contributed by atoms with van der Waals surface area (Å²) < 4.78 is 5.62. The lowest BCUT2D eigenvalue weighted by Gasteiger charge is -2.27. The third-order valence-electron chi connectivity index (χ3n) is 5.39. The summed E-state index contributed by atoms with van der Waals surface area (Å²) in [7, 11) is 5.29. The number of aliphatic hydroxyl groups is 1. The molecule has 2 aromatic rings. The molecule has 8 heteroatoms. The van der Waals surface area contributed by atoms with Crippen LogP contribution >= 0.6 is 15.9 Å². The SMILES string of the molecule is COc1cc(C2C(C(=O)C=Cc3ccccc3)=C(O)C(=O)N2CCCN(C)C)cc(Br)c1O. The molecule has 2 aromatic carbocycles. The summed E-state index contributed by atoms with van der Waals surface area (Å²) in [6.07, 6.45) is 3.66. The maximum absolute atomic E-state index is 13.2. The van der Waals surface area contributed by atoms with Gasteiger partial charge in [0.1, 0.15) is 0 Å². The molecule has 1 amide bonds. The zero-order chi connectivity index (χ0) is 24.1. The third kappa shape index (κ3) is 5.46. The van der Waals surface area contributed by atoms with Gasteiger partial charge in [0, 0.05) is 6.54 Å². The smallest absolute Gasteiger partial charge is 0.290 e. The van der Waals surface area contributed by atoms with E-state index in [0.29, 0.717) is 23.0 Å². The highest BCUT2D eigenvalue weighted by atomic mass is 79.9. The van der Waals surface area contributed by atoms with E-state index in [9.17, 15) is 19.8 Å². The second-order valence-electron chi connectivity index (χ2n) is 7.98. The molecule has 0 saturated heterocycles. The number of rotatable bonds is 9. The number of benzene rings is 2. The van der Waals surface area contributed by atoms with Crippen molar-refractivity contribution in [3.05, 3.63) is 75.5 Å². The monoisotopic (exact) mass is 514 g/mol. The molecular weight excluding hydrogens is 488 g/mol. The average molecular weight is 515 g/mol. The van der Waals surface area contributed by atoms with Crippen LogP contribution in [-0.4, -0.2) is 66.0 Å². The number of phenolic OH excluding ortho intramolecular Hbond substituents is 1. The number of phenols is 1. The van der Waals surface area contributed by atoms with Gasteiger partial charge in [-0.05, 0) is 72.3 Å². The van der Waals surface area contributed by atoms with Crippen LogP contribution < -0.4 is 4.74 Å². The topological polar surface area (TPSA) is 90.3 Å². The van der Waals surface area contributed by atoms with Crippen molar-refractivity contribution >= 4 is 33.7 Å². The van der Waals surface area contributed by atoms with Crippen molar-refractivity contribution in [2.75, 3.05) is 34.3 Å². The number of allylic oxidation sites excluding steroid dienone is 1. The summed E-state index contributed by atoms with van der Waals surface area (Å²) in [5.41, 5.74) is 1.36. The minimum atomic E-state index is -0.821. The number of ketones is 1. The Balaban J connectivity index is 2.03. The van der Waals surface area contributed by atoms with Crippen molar-refractivity contribution in [3.8, 4) is 11.5 Å². The van der Waals surface area contributed by atoms with Crippen molar-refractivity contribution in [2.45, 2.75) is 12.5 Å². The van der Waals surface area contributed by atoms with Crippen LogP contribution in [0.15, 0.2) is 64.3 Å². The summed E-state index contributed by atoms with van der Waals surface area (Å²) in [6, 6.07) is 11.7. The van der Waals surface area contributed by atoms with Gasteiger partial charge in [-0.1, -0.05) is 36.4 Å². The van der Waals surface area contributed by atoms with E-state index in [4.69, 9.17) is 4.74 Å². The van der Waals surface area contributed by atoms with E-state index in [-0.39, 0.29) is 17.1 Å². The first-order chi connectivity index (χ1) is 15.7. The molecule has 1 heterocycles. The van der Waals surface area contributed by atoms with Gasteiger partial charge >= 0.3 is 0 Å². The lowest BCUT2D eigenvalue weighted by Crippen LogP contribution is -2.33. The molecule has 0 bridgehead atoms. The average Bonchev–Trinajstić information content (AvgIpc) is 3.04. The van der Waals surface area contributed by atoms with E-state index in [0.717, 1.165) is 12.1 Å². The second kappa shape index (κ2) is 10.7. The van der Waals surface area contributed by atoms with Gasteiger partial charge in [-0.2, -0.15) is 0 Å². The number of halogens is 1. The molecule has 33 heavy (non-hydrogen) atoms. The summed E-state index contributed by atoms with van der Waals surface area (Å²) in [6.45, 7) is 1.07. The number of carbonyl (C=O) groups excluding carboxylic acids is 2. The second-order valence-corrected chi connectivity index (χ2v) is 8.84. The first-order valence-corrected chi connectivity index (χ1v) is 11.3. The number of ether oxygens (including phenoxy) is 1. The predicted molar refractivity (Wildman–Crippen MR) is 130 cm³/mol. The molecule has 1 unspecified atom stereocenters. The summed E-state index contributed by atoms with van der Waals surface area (Å²) in [5, 5.41) is 20.9. The zero-order valence-corrected chi connectivity index (χ0v) is 20.4. The van der Waals surface area contributed by atoms with Crippen molar-refractivity contribution in [1.29, 1.82) is 0 Å². The molecule has 1 aliphatic heterocycles. The Morgan fingerprint density at radius 2 is 1.91 bits per heavy atom. The number of hydrogen-bond acceptors (Lipinski definition) is 6. The fourth-order valence-corrected chi connectivity index (χ4v) is 4.23. The van der Waals surface area contributed by atoms with Gasteiger partial charge in [0.2, 0.25) is 0 Å². The highest BCUT2D eigenvalue weighted by molar-refractivity contribution is 9.10. The van der Waals surface area contributed by atoms with Gasteiger partial charge in [0.25, 0.3) is 5.91 Å². The quantitative estimate of drug-likeness (QED) is 0.489. The van der Waals surface area contributed by atoms with E-state index in [1.165, 1.54) is 18.1 Å². The van der Waals surface area contributed by atoms with E-state index >= 15 is 0 Å². The van der Waals surface area contributed by atoms with Crippen LogP contribution in [0.4, 0.5) is 0 Å². The molecule has 1 atom stereocenters. The van der Waals surface area contributed by atoms with Crippen LogP contribution in [0.3, 0.4) is 0 Å². The molecular formula is C25H27BrN2O5. The molecule has 0 spiro atoms. The minimum Gasteiger partial charge on any atom is -0.503 e. The maximum atomic E-state index is 13.2. The van der Waals surface area contributed by atoms with Gasteiger partial charge in [0.15, 0.2) is 23.0 Å². The van der Waals surface area contributed by atoms with Crippen molar-refractivity contribution < 1.29 is 24.5 Å². The number of aliphatic hydroxyl groups excluding tert-OH is 1. The molecule has 2 N–H and O–H groups in total. The van der Waals surface area contributed by atoms with E-state index in [1.54, 1.807) is 18.2 Å². The van der Waals surface area contributed by atoms with Crippen LogP contribution in [-0.2, 0) is 9.59 Å². The van der Waals surface area contributed by atoms with Crippen LogP contribution in [0.5, 0.6) is 11.5 Å². The molecule has 174 valence electrons. The van der Waals surface area contributed by atoms with E-state index < -0.39 is 23.5 Å². The largest absolute Gasteiger partial charge is 0.503 e. The first kappa shape index (κ1) is 24.5. The Labute approximate surface area is 201 Å². The number of hydrogen-bond donors (Lipinski definition) is 2. The molecule has 1 aliphatic rings. The molecule has 0 saturated carbocycles. The molecule has 0 aromatic heterocycles. The van der Waals surface area contributed by atoms with Crippen molar-refractivity contribution in [2.24, 2.45) is 0 Å². The van der Waals surface area contributed by atoms with Gasteiger partial charge in [-0.15, -0.1) is 0 Å². The number of methoxy groups -OCH3 is 1. The van der Waals surface area contributed by atoms with Gasteiger partial charge in [-0.3, -0.25) is 9.59 Å². The van der Waals surface area contributed by atoms with Gasteiger partial charge in [0.05, 0.1) is 23.2 Å². The molecule has 0 radical (unpaired) electrons. The van der Waals surface area contributed by atoms with Gasteiger partial charge < -0.3 is 24.7 Å². The first-order valence-electron chi connectivity index (χ1n) is 10.5. The Morgan fingerprint density at radius 3 is 2.55 bits per heavy atom. The maximum Gasteiger partial charge on any atom is 0.290 e. The third-order valence-corrected chi connectivity index (χ3v) is 5.99. The van der Waals surface area contributed by atoms with Crippen LogP contribution in [0.25, 0.3) is 6.08 Å². The lowest BCUT2D eigenvalue weighted by atomic mass is 9.95. The van der Waals surface area contributed by atoms with Crippen LogP contribution in [0.2, 0.25) is 0 Å². The lowest BCUT2D eigenvalue weighted by molar-refractivity contribution is -0.129. The van der Waals surface area contributed by atoms with Crippen molar-refractivity contribution in [3.63, 3.8) is 0 Å². The summed E-state index contributed by atoms with van der Waals surface area (Å²) >= 11 is 3.31. The number of amides is 1. The fourth-order valence-electron chi connectivity index (χ4n) is 3.77. The summed E-state index contributed by atoms with van der Waals surface area (Å²) in [4.78, 5) is 29.7. The Kier molecular flexibility index (Phi) is 7.94. The van der Waals surface area contributed by atoms with Crippen LogP contribution in [0.1, 0.15) is 23.6 Å². The van der Waals surface area contributed by atoms with E-state index in [2.05, 4.69) is 15.9 Å². The normalized spacial score (nSPS) is 16.3. The number of aromatic hydroxyl groups is 1. The molecule has 0 aliphatic carbocycles. The van der Waals surface area contributed by atoms with Crippen molar-refractivity contribution in [1.82, 2.24) is 9.80 Å². The fraction of sp³-hybridized carbons (Fsp3) is 0.280. The Morgan fingerprint density at radius 1 is 1.21 bits per heavy atom. The summed E-state index contributed by atoms with van der Waals surface area (Å²) in [5.74, 6) is -1.52. The number of carbonyl (C=O) groups is 2. The predicted octanol–water partition coefficient (Wildman–Crippen LogP) is 4.09. The van der Waals surface area contributed by atoms with Gasteiger partial charge in [-0.25, -0.2) is 0 Å². The molecule has 7 nitrogen and oxygen atoms in total. The Bertz CT molecular complexity index is 1100. The van der Waals surface area contributed by atoms with Crippen LogP contribution in [0, 0.1) is 0 Å². The standard InChI is InChI=1S/C25H27BrN2O5/c1-27(2)12-7-13-28-22(17-14-18(26)23(30)20(15-17)33-3)21(24(31)25(28)32)19(29)11-10-16-8-5-4-6-9-16/h4-6,8-11,14-15,22,30-31H,7,12-13H2,1-3H3. The molecule has 0 fully saturated rings. The Hall–Kier alpha value is -3.10. The van der Waals surface area contributed by atoms with E-state index in [1.807, 2.05) is 49.3 Å². The molecule has 3 rings (SSSR count). The minimum absolute atomic E-state index is 0.00308. The highest BCUT2D eigenvalue weighted by Gasteiger charge is 2.43. The highest BCUT2D eigenvalue weighted by Crippen LogP contribution is 2.43. The zero-order valence-electron chi connectivity index (χ0n) is 18.8.